The quantitative estimate of drug-likeness (QED) is 0.210. The number of aliphatic hydroxyl groups excluding tert-OH is 2. The highest BCUT2D eigenvalue weighted by Gasteiger charge is 2.82. The van der Waals surface area contributed by atoms with E-state index in [9.17, 15) is 24.9 Å². The standard InChI is InChI=1S/C27H20N2O6/c1-13(30)26-19-6-4-2-3-5-7-20(32)27(26,35-26)17-11-18(31)21-22(23(17)29-19)24(33)15-9-8-14(12-28)10-16(15)25(21)34/h2-3,8-11,13,19-20,29-32H,12,28H2,1H3/b3-2-/t13-,19+,20-,26+,27+/m1/s1. The first-order valence-electron chi connectivity index (χ1n) is 11.1. The molecule has 2 aromatic rings. The van der Waals surface area contributed by atoms with Crippen molar-refractivity contribution in [1.29, 1.82) is 0 Å². The summed E-state index contributed by atoms with van der Waals surface area (Å²) in [7, 11) is 0. The number of benzene rings is 2. The van der Waals surface area contributed by atoms with Crippen molar-refractivity contribution in [3.05, 3.63) is 69.8 Å². The molecule has 2 bridgehead atoms. The zero-order chi connectivity index (χ0) is 24.7. The molecule has 0 unspecified atom stereocenters. The molecule has 6 N–H and O–H groups in total. The Kier molecular flexibility index (Phi) is 4.35. The van der Waals surface area contributed by atoms with E-state index in [1.165, 1.54) is 25.1 Å². The molecule has 0 radical (unpaired) electrons. The average Bonchev–Trinajstić information content (AvgIpc) is 3.57. The molecule has 1 fully saturated rings. The maximum absolute atomic E-state index is 13.7. The van der Waals surface area contributed by atoms with Gasteiger partial charge in [0.05, 0.1) is 22.9 Å². The van der Waals surface area contributed by atoms with Gasteiger partial charge in [0.1, 0.15) is 11.8 Å². The molecule has 174 valence electrons. The molecule has 6 rings (SSSR count). The second kappa shape index (κ2) is 7.05. The van der Waals surface area contributed by atoms with Crippen LogP contribution in [0.15, 0.2) is 36.4 Å². The van der Waals surface area contributed by atoms with Crippen LogP contribution in [0.25, 0.3) is 0 Å². The monoisotopic (exact) mass is 468 g/mol. The minimum Gasteiger partial charge on any atom is -0.507 e. The number of aliphatic hydroxyl groups is 2. The number of epoxide rings is 1. The number of phenols is 1. The van der Waals surface area contributed by atoms with Crippen molar-refractivity contribution < 1.29 is 29.6 Å². The summed E-state index contributed by atoms with van der Waals surface area (Å²) < 4.78 is 6.14. The zero-order valence-corrected chi connectivity index (χ0v) is 18.5. The van der Waals surface area contributed by atoms with E-state index in [0.717, 1.165) is 0 Å². The summed E-state index contributed by atoms with van der Waals surface area (Å²) >= 11 is 0. The van der Waals surface area contributed by atoms with E-state index in [-0.39, 0.29) is 40.0 Å². The molecule has 8 heteroatoms. The number of ether oxygens (including phenoxy) is 1. The van der Waals surface area contributed by atoms with Crippen molar-refractivity contribution in [2.24, 2.45) is 5.73 Å². The second-order valence-corrected chi connectivity index (χ2v) is 9.01. The first kappa shape index (κ1) is 21.6. The number of nitrogens with two attached hydrogens (primary N) is 1. The molecule has 35 heavy (non-hydrogen) atoms. The van der Waals surface area contributed by atoms with Gasteiger partial charge in [-0.15, -0.1) is 0 Å². The highest BCUT2D eigenvalue weighted by molar-refractivity contribution is 6.31. The van der Waals surface area contributed by atoms with Gasteiger partial charge in [-0.3, -0.25) is 9.59 Å². The lowest BCUT2D eigenvalue weighted by molar-refractivity contribution is 0.0867. The molecule has 2 aliphatic carbocycles. The highest BCUT2D eigenvalue weighted by Crippen LogP contribution is 2.67. The van der Waals surface area contributed by atoms with E-state index in [0.29, 0.717) is 5.56 Å². The van der Waals surface area contributed by atoms with Crippen LogP contribution in [0.5, 0.6) is 5.75 Å². The van der Waals surface area contributed by atoms with Crippen LogP contribution in [-0.4, -0.2) is 50.7 Å². The maximum Gasteiger partial charge on any atom is 0.198 e. The first-order chi connectivity index (χ1) is 16.8. The fourth-order valence-corrected chi connectivity index (χ4v) is 5.61. The van der Waals surface area contributed by atoms with Crippen LogP contribution in [0.3, 0.4) is 0 Å². The molecule has 1 saturated heterocycles. The van der Waals surface area contributed by atoms with E-state index < -0.39 is 46.8 Å². The van der Waals surface area contributed by atoms with Crippen LogP contribution in [0.1, 0.15) is 49.9 Å². The fourth-order valence-electron chi connectivity index (χ4n) is 5.61. The Morgan fingerprint density at radius 1 is 1.11 bits per heavy atom. The van der Waals surface area contributed by atoms with E-state index >= 15 is 0 Å². The number of anilines is 1. The van der Waals surface area contributed by atoms with Gasteiger partial charge in [0.25, 0.3) is 0 Å². The van der Waals surface area contributed by atoms with Crippen molar-refractivity contribution in [3.63, 3.8) is 0 Å². The third-order valence-corrected chi connectivity index (χ3v) is 7.26. The number of rotatable bonds is 2. The number of carbonyl (C=O) groups is 2. The lowest BCUT2D eigenvalue weighted by Crippen LogP contribution is -2.54. The van der Waals surface area contributed by atoms with Crippen molar-refractivity contribution in [1.82, 2.24) is 0 Å². The normalized spacial score (nSPS) is 30.5. The van der Waals surface area contributed by atoms with Crippen molar-refractivity contribution >= 4 is 17.3 Å². The topological polar surface area (TPSA) is 145 Å². The van der Waals surface area contributed by atoms with Gasteiger partial charge in [0.2, 0.25) is 0 Å². The minimum atomic E-state index is -1.58. The van der Waals surface area contributed by atoms with Gasteiger partial charge in [0, 0.05) is 23.2 Å². The molecule has 8 nitrogen and oxygen atoms in total. The predicted molar refractivity (Wildman–Crippen MR) is 125 cm³/mol. The number of aromatic hydroxyl groups is 1. The molecule has 0 amide bonds. The van der Waals surface area contributed by atoms with Crippen molar-refractivity contribution in [2.45, 2.75) is 42.9 Å². The Balaban J connectivity index is 1.66. The first-order valence-corrected chi connectivity index (χ1v) is 11.1. The summed E-state index contributed by atoms with van der Waals surface area (Å²) in [5, 5.41) is 36.1. The van der Waals surface area contributed by atoms with E-state index in [1.807, 2.05) is 0 Å². The molecule has 2 aliphatic heterocycles. The van der Waals surface area contributed by atoms with Gasteiger partial charge in [-0.25, -0.2) is 0 Å². The fraction of sp³-hybridized carbons (Fsp3) is 0.259. The SMILES string of the molecule is C[C@@H](O)[C@@]12O[C@]13c1cc(O)c4c(c1N[C@H]2C#C/C=C\C#C[C@H]3O)C(=O)c1ccc(CN)cc1C4=O. The number of phenolic OH excluding ortho intramolecular Hbond substituents is 1. The lowest BCUT2D eigenvalue weighted by Gasteiger charge is -2.37. The summed E-state index contributed by atoms with van der Waals surface area (Å²) in [6, 6.07) is 5.22. The number of fused-ring (bicyclic) bond motifs is 4. The largest absolute Gasteiger partial charge is 0.507 e. The van der Waals surface area contributed by atoms with Gasteiger partial charge in [0.15, 0.2) is 28.9 Å². The maximum atomic E-state index is 13.7. The number of hydrogen-bond donors (Lipinski definition) is 5. The average molecular weight is 468 g/mol. The highest BCUT2D eigenvalue weighted by atomic mass is 16.7. The number of allylic oxidation sites excluding steroid dienone is 2. The van der Waals surface area contributed by atoms with Crippen molar-refractivity contribution in [2.75, 3.05) is 5.32 Å². The van der Waals surface area contributed by atoms with Gasteiger partial charge in [-0.1, -0.05) is 29.7 Å². The Morgan fingerprint density at radius 3 is 2.54 bits per heavy atom. The van der Waals surface area contributed by atoms with Crippen LogP contribution in [0, 0.1) is 23.7 Å². The smallest absolute Gasteiger partial charge is 0.198 e. The number of carbonyl (C=O) groups excluding carboxylic acids is 2. The van der Waals surface area contributed by atoms with Gasteiger partial charge >= 0.3 is 0 Å². The van der Waals surface area contributed by atoms with Crippen molar-refractivity contribution in [3.8, 4) is 29.4 Å². The molecular weight excluding hydrogens is 448 g/mol. The molecule has 0 spiro atoms. The van der Waals surface area contributed by atoms with Crippen LogP contribution >= 0.6 is 0 Å². The second-order valence-electron chi connectivity index (χ2n) is 9.01. The summed E-state index contributed by atoms with van der Waals surface area (Å²) in [4.78, 5) is 27.2. The van der Waals surface area contributed by atoms with Crippen LogP contribution in [0.2, 0.25) is 0 Å². The van der Waals surface area contributed by atoms with Crippen LogP contribution < -0.4 is 11.1 Å². The minimum absolute atomic E-state index is 0.0355. The predicted octanol–water partition coefficient (Wildman–Crippen LogP) is 0.703. The summed E-state index contributed by atoms with van der Waals surface area (Å²) in [6.07, 6.45) is 0.471. The van der Waals surface area contributed by atoms with E-state index in [4.69, 9.17) is 10.5 Å². The molecule has 0 aromatic heterocycles. The summed E-state index contributed by atoms with van der Waals surface area (Å²) in [6.45, 7) is 1.71. The number of hydrogen-bond acceptors (Lipinski definition) is 8. The molecule has 4 aliphatic rings. The lowest BCUT2D eigenvalue weighted by atomic mass is 9.69. The van der Waals surface area contributed by atoms with Crippen LogP contribution in [0.4, 0.5) is 5.69 Å². The Labute approximate surface area is 200 Å². The summed E-state index contributed by atoms with van der Waals surface area (Å²) in [5.41, 5.74) is 3.99. The van der Waals surface area contributed by atoms with Gasteiger partial charge in [-0.2, -0.15) is 0 Å². The molecule has 2 aromatic carbocycles. The van der Waals surface area contributed by atoms with Gasteiger partial charge < -0.3 is 31.1 Å². The zero-order valence-electron chi connectivity index (χ0n) is 18.5. The third kappa shape index (κ3) is 2.52. The Morgan fingerprint density at radius 2 is 1.83 bits per heavy atom. The number of ketones is 2. The molecular formula is C27H20N2O6. The summed E-state index contributed by atoms with van der Waals surface area (Å²) in [5.74, 6) is 9.81. The Bertz CT molecular complexity index is 1520. The molecule has 2 heterocycles. The Hall–Kier alpha value is -3.92. The third-order valence-electron chi connectivity index (χ3n) is 7.26. The molecule has 0 saturated carbocycles. The van der Waals surface area contributed by atoms with E-state index in [1.54, 1.807) is 18.2 Å². The van der Waals surface area contributed by atoms with E-state index in [2.05, 4.69) is 29.0 Å². The number of nitrogens with one attached hydrogen (secondary N) is 1. The van der Waals surface area contributed by atoms with Gasteiger partial charge in [-0.05, 0) is 42.8 Å². The van der Waals surface area contributed by atoms with Crippen LogP contribution in [-0.2, 0) is 16.9 Å². The molecule has 5 atom stereocenters.